The van der Waals surface area contributed by atoms with Crippen molar-refractivity contribution in [2.24, 2.45) is 0 Å². The van der Waals surface area contributed by atoms with Crippen LogP contribution in [0.3, 0.4) is 0 Å². The summed E-state index contributed by atoms with van der Waals surface area (Å²) in [5, 5.41) is 0. The first-order chi connectivity index (χ1) is 8.51. The third-order valence-electron chi connectivity index (χ3n) is 2.95. The lowest BCUT2D eigenvalue weighted by molar-refractivity contribution is -0.124. The van der Waals surface area contributed by atoms with Gasteiger partial charge in [0, 0.05) is 19.7 Å². The van der Waals surface area contributed by atoms with E-state index in [2.05, 4.69) is 6.92 Å². The van der Waals surface area contributed by atoms with E-state index in [0.29, 0.717) is 0 Å². The molecule has 0 heterocycles. The second kappa shape index (κ2) is 6.24. The molecule has 0 aliphatic rings. The summed E-state index contributed by atoms with van der Waals surface area (Å²) in [4.78, 5) is 13.6. The molecule has 1 rings (SSSR count). The Morgan fingerprint density at radius 3 is 2.50 bits per heavy atom. The number of likely N-dealkylation sites (N-methyl/N-ethyl adjacent to an activating group) is 1. The highest BCUT2D eigenvalue weighted by atomic mass is 16.5. The summed E-state index contributed by atoms with van der Waals surface area (Å²) < 4.78 is 5.22. The van der Waals surface area contributed by atoms with E-state index >= 15 is 0 Å². The summed E-state index contributed by atoms with van der Waals surface area (Å²) in [6.07, 6.45) is 0.818. The van der Waals surface area contributed by atoms with Crippen LogP contribution < -0.4 is 4.74 Å². The van der Waals surface area contributed by atoms with Crippen LogP contribution in [0.5, 0.6) is 5.75 Å². The normalized spacial score (nSPS) is 11.8. The van der Waals surface area contributed by atoms with Crippen molar-refractivity contribution in [1.29, 1.82) is 0 Å². The van der Waals surface area contributed by atoms with Crippen molar-refractivity contribution >= 4 is 11.5 Å². The van der Waals surface area contributed by atoms with Crippen molar-refractivity contribution in [2.45, 2.75) is 20.3 Å². The van der Waals surface area contributed by atoms with Crippen molar-refractivity contribution in [3.05, 3.63) is 35.4 Å². The first-order valence-electron chi connectivity index (χ1n) is 6.07. The van der Waals surface area contributed by atoms with Crippen LogP contribution in [0.1, 0.15) is 25.8 Å². The SMILES string of the molecule is CCC(=C(C)C(=O)N(C)C)c1cccc(OC)c1. The first kappa shape index (κ1) is 14.3. The van der Waals surface area contributed by atoms with Crippen LogP contribution in [0, 0.1) is 0 Å². The van der Waals surface area contributed by atoms with Crippen LogP contribution in [-0.2, 0) is 4.79 Å². The number of carbonyl (C=O) groups is 1. The fraction of sp³-hybridized carbons (Fsp3) is 0.400. The molecule has 18 heavy (non-hydrogen) atoms. The van der Waals surface area contributed by atoms with Crippen molar-refractivity contribution < 1.29 is 9.53 Å². The molecule has 98 valence electrons. The quantitative estimate of drug-likeness (QED) is 0.766. The third-order valence-corrected chi connectivity index (χ3v) is 2.95. The molecule has 0 fully saturated rings. The molecule has 0 saturated carbocycles. The Bertz CT molecular complexity index is 461. The van der Waals surface area contributed by atoms with Gasteiger partial charge in [0.25, 0.3) is 0 Å². The van der Waals surface area contributed by atoms with E-state index in [9.17, 15) is 4.79 Å². The standard InChI is InChI=1S/C15H21NO2/c1-6-14(11(2)15(17)16(3)4)12-8-7-9-13(10-12)18-5/h7-10H,6H2,1-5H3. The van der Waals surface area contributed by atoms with Crippen molar-refractivity contribution in [1.82, 2.24) is 4.90 Å². The van der Waals surface area contributed by atoms with Gasteiger partial charge in [0.05, 0.1) is 7.11 Å². The zero-order valence-corrected chi connectivity index (χ0v) is 11.8. The highest BCUT2D eigenvalue weighted by Crippen LogP contribution is 2.26. The van der Waals surface area contributed by atoms with E-state index in [4.69, 9.17) is 4.74 Å². The van der Waals surface area contributed by atoms with Gasteiger partial charge in [0.2, 0.25) is 5.91 Å². The third kappa shape index (κ3) is 3.13. The van der Waals surface area contributed by atoms with Crippen molar-refractivity contribution in [2.75, 3.05) is 21.2 Å². The average molecular weight is 247 g/mol. The number of allylic oxidation sites excluding steroid dienone is 1. The molecule has 0 spiro atoms. The largest absolute Gasteiger partial charge is 0.497 e. The first-order valence-corrected chi connectivity index (χ1v) is 6.07. The second-order valence-electron chi connectivity index (χ2n) is 4.39. The molecule has 0 N–H and O–H groups in total. The lowest BCUT2D eigenvalue weighted by atomic mass is 9.97. The molecule has 0 aliphatic carbocycles. The fourth-order valence-electron chi connectivity index (χ4n) is 1.96. The van der Waals surface area contributed by atoms with Crippen molar-refractivity contribution in [3.63, 3.8) is 0 Å². The van der Waals surface area contributed by atoms with Gasteiger partial charge in [-0.25, -0.2) is 0 Å². The molecule has 0 bridgehead atoms. The van der Waals surface area contributed by atoms with E-state index in [1.807, 2.05) is 31.2 Å². The maximum absolute atomic E-state index is 12.0. The van der Waals surface area contributed by atoms with Gasteiger partial charge in [-0.05, 0) is 36.6 Å². The van der Waals surface area contributed by atoms with E-state index < -0.39 is 0 Å². The number of rotatable bonds is 4. The minimum absolute atomic E-state index is 0.0506. The predicted molar refractivity (Wildman–Crippen MR) is 74.6 cm³/mol. The maximum Gasteiger partial charge on any atom is 0.249 e. The minimum atomic E-state index is 0.0506. The Morgan fingerprint density at radius 2 is 2.00 bits per heavy atom. The van der Waals surface area contributed by atoms with Gasteiger partial charge < -0.3 is 9.64 Å². The molecule has 1 amide bonds. The van der Waals surface area contributed by atoms with Gasteiger partial charge in [0.1, 0.15) is 5.75 Å². The smallest absolute Gasteiger partial charge is 0.249 e. The van der Waals surface area contributed by atoms with Gasteiger partial charge in [0.15, 0.2) is 0 Å². The lowest BCUT2D eigenvalue weighted by Gasteiger charge is -2.15. The molecule has 0 radical (unpaired) electrons. The van der Waals surface area contributed by atoms with Crippen molar-refractivity contribution in [3.8, 4) is 5.75 Å². The molecule has 3 heteroatoms. The van der Waals surface area contributed by atoms with Gasteiger partial charge in [-0.3, -0.25) is 4.79 Å². The van der Waals surface area contributed by atoms with E-state index in [-0.39, 0.29) is 5.91 Å². The van der Waals surface area contributed by atoms with Crippen LogP contribution in [-0.4, -0.2) is 32.0 Å². The Kier molecular flexibility index (Phi) is 4.95. The number of benzene rings is 1. The van der Waals surface area contributed by atoms with Gasteiger partial charge in [-0.1, -0.05) is 19.1 Å². The number of methoxy groups -OCH3 is 1. The molecule has 1 aromatic rings. The number of nitrogens with zero attached hydrogens (tertiary/aromatic N) is 1. The summed E-state index contributed by atoms with van der Waals surface area (Å²) >= 11 is 0. The minimum Gasteiger partial charge on any atom is -0.497 e. The van der Waals surface area contributed by atoms with E-state index in [0.717, 1.165) is 28.9 Å². The van der Waals surface area contributed by atoms with Crippen LogP contribution in [0.25, 0.3) is 5.57 Å². The number of carbonyl (C=O) groups excluding carboxylic acids is 1. The zero-order chi connectivity index (χ0) is 13.7. The summed E-state index contributed by atoms with van der Waals surface area (Å²) in [7, 11) is 5.18. The zero-order valence-electron chi connectivity index (χ0n) is 11.8. The fourth-order valence-corrected chi connectivity index (χ4v) is 1.96. The molecular formula is C15H21NO2. The highest BCUT2D eigenvalue weighted by molar-refractivity contribution is 6.00. The molecule has 0 unspecified atom stereocenters. The number of hydrogen-bond donors (Lipinski definition) is 0. The average Bonchev–Trinajstić information content (AvgIpc) is 2.38. The molecule has 0 saturated heterocycles. The topological polar surface area (TPSA) is 29.5 Å². The Balaban J connectivity index is 3.23. The van der Waals surface area contributed by atoms with E-state index in [1.165, 1.54) is 0 Å². The monoisotopic (exact) mass is 247 g/mol. The molecule has 0 aliphatic heterocycles. The lowest BCUT2D eigenvalue weighted by Crippen LogP contribution is -2.23. The summed E-state index contributed by atoms with van der Waals surface area (Å²) in [6.45, 7) is 3.93. The number of hydrogen-bond acceptors (Lipinski definition) is 2. The Labute approximate surface area is 109 Å². The Hall–Kier alpha value is -1.77. The molecular weight excluding hydrogens is 226 g/mol. The van der Waals surface area contributed by atoms with Crippen LogP contribution >= 0.6 is 0 Å². The maximum atomic E-state index is 12.0. The summed E-state index contributed by atoms with van der Waals surface area (Å²) in [6, 6.07) is 7.82. The second-order valence-corrected chi connectivity index (χ2v) is 4.39. The van der Waals surface area contributed by atoms with Crippen LogP contribution in [0.4, 0.5) is 0 Å². The predicted octanol–water partition coefficient (Wildman–Crippen LogP) is 2.97. The number of amides is 1. The molecule has 3 nitrogen and oxygen atoms in total. The molecule has 0 atom stereocenters. The molecule has 0 aromatic heterocycles. The van der Waals surface area contributed by atoms with Gasteiger partial charge >= 0.3 is 0 Å². The number of ether oxygens (including phenoxy) is 1. The Morgan fingerprint density at radius 1 is 1.33 bits per heavy atom. The van der Waals surface area contributed by atoms with Crippen LogP contribution in [0.15, 0.2) is 29.8 Å². The van der Waals surface area contributed by atoms with Crippen LogP contribution in [0.2, 0.25) is 0 Å². The summed E-state index contributed by atoms with van der Waals surface area (Å²) in [5.74, 6) is 0.859. The van der Waals surface area contributed by atoms with Gasteiger partial charge in [-0.15, -0.1) is 0 Å². The van der Waals surface area contributed by atoms with Gasteiger partial charge in [-0.2, -0.15) is 0 Å². The van der Waals surface area contributed by atoms with E-state index in [1.54, 1.807) is 26.1 Å². The molecule has 1 aromatic carbocycles. The highest BCUT2D eigenvalue weighted by Gasteiger charge is 2.13. The summed E-state index contributed by atoms with van der Waals surface area (Å²) in [5.41, 5.74) is 2.90.